The molecule has 0 aromatic heterocycles. The highest BCUT2D eigenvalue weighted by Crippen LogP contribution is 2.18. The van der Waals surface area contributed by atoms with Crippen LogP contribution in [0.2, 0.25) is 0 Å². The third kappa shape index (κ3) is 5.15. The number of ether oxygens (including phenoxy) is 1. The van der Waals surface area contributed by atoms with Crippen LogP contribution in [0.4, 0.5) is 0 Å². The Kier molecular flexibility index (Phi) is 6.88. The van der Waals surface area contributed by atoms with E-state index in [1.165, 1.54) is 11.1 Å². The van der Waals surface area contributed by atoms with E-state index in [0.29, 0.717) is 19.5 Å². The Balaban J connectivity index is 1.61. The molecule has 3 N–H and O–H groups in total. The smallest absolute Gasteiger partial charge is 0.243 e. The van der Waals surface area contributed by atoms with Gasteiger partial charge >= 0.3 is 0 Å². The predicted octanol–water partition coefficient (Wildman–Crippen LogP) is 2.17. The molecule has 6 nitrogen and oxygen atoms in total. The molecule has 0 unspecified atom stereocenters. The minimum Gasteiger partial charge on any atom is -0.496 e. The summed E-state index contributed by atoms with van der Waals surface area (Å²) in [5.74, 6) is 0.344. The molecule has 154 valence electrons. The molecule has 0 spiro atoms. The summed E-state index contributed by atoms with van der Waals surface area (Å²) < 4.78 is 5.33. The van der Waals surface area contributed by atoms with Crippen LogP contribution in [0.3, 0.4) is 0 Å². The minimum absolute atomic E-state index is 0.0347. The van der Waals surface area contributed by atoms with Gasteiger partial charge in [0.25, 0.3) is 0 Å². The van der Waals surface area contributed by atoms with Crippen LogP contribution >= 0.6 is 0 Å². The molecular weight excluding hydrogens is 366 g/mol. The highest BCUT2D eigenvalue weighted by molar-refractivity contribution is 5.90. The number of hydrogen-bond donors (Lipinski definition) is 3. The Morgan fingerprint density at radius 1 is 1.10 bits per heavy atom. The third-order valence-electron chi connectivity index (χ3n) is 5.29. The lowest BCUT2D eigenvalue weighted by Gasteiger charge is -2.28. The summed E-state index contributed by atoms with van der Waals surface area (Å²) in [6.07, 6.45) is 0.621. The molecule has 0 aliphatic carbocycles. The Morgan fingerprint density at radius 2 is 1.79 bits per heavy atom. The van der Waals surface area contributed by atoms with E-state index in [0.717, 1.165) is 11.3 Å². The summed E-state index contributed by atoms with van der Waals surface area (Å²) in [5, 5.41) is 9.13. The molecule has 1 heterocycles. The molecule has 3 rings (SSSR count). The maximum absolute atomic E-state index is 12.8. The first-order valence-corrected chi connectivity index (χ1v) is 9.99. The highest BCUT2D eigenvalue weighted by atomic mass is 16.5. The van der Waals surface area contributed by atoms with E-state index in [1.54, 1.807) is 7.11 Å². The Bertz CT molecular complexity index is 866. The normalized spacial score (nSPS) is 16.6. The lowest BCUT2D eigenvalue weighted by Crippen LogP contribution is -2.55. The molecule has 0 fully saturated rings. The van der Waals surface area contributed by atoms with Gasteiger partial charge < -0.3 is 20.7 Å². The molecule has 2 aromatic carbocycles. The summed E-state index contributed by atoms with van der Waals surface area (Å²) in [4.78, 5) is 25.6. The van der Waals surface area contributed by atoms with Crippen molar-refractivity contribution in [2.24, 2.45) is 5.92 Å². The zero-order chi connectivity index (χ0) is 20.8. The van der Waals surface area contributed by atoms with Crippen molar-refractivity contribution in [1.82, 2.24) is 16.0 Å². The molecule has 2 atom stereocenters. The summed E-state index contributed by atoms with van der Waals surface area (Å²) in [6, 6.07) is 14.7. The van der Waals surface area contributed by atoms with E-state index in [-0.39, 0.29) is 23.8 Å². The number of rotatable bonds is 7. The molecule has 2 amide bonds. The highest BCUT2D eigenvalue weighted by Gasteiger charge is 2.29. The van der Waals surface area contributed by atoms with Gasteiger partial charge in [-0.05, 0) is 29.5 Å². The second-order valence-corrected chi connectivity index (χ2v) is 7.67. The van der Waals surface area contributed by atoms with E-state index < -0.39 is 6.04 Å². The first kappa shape index (κ1) is 20.9. The van der Waals surface area contributed by atoms with E-state index in [2.05, 4.69) is 28.1 Å². The van der Waals surface area contributed by atoms with Crippen LogP contribution in [-0.2, 0) is 29.1 Å². The molecule has 29 heavy (non-hydrogen) atoms. The topological polar surface area (TPSA) is 79.5 Å². The molecule has 6 heteroatoms. The Hall–Kier alpha value is -2.86. The number of methoxy groups -OCH3 is 1. The summed E-state index contributed by atoms with van der Waals surface area (Å²) >= 11 is 0. The summed E-state index contributed by atoms with van der Waals surface area (Å²) in [6.45, 7) is 4.85. The lowest BCUT2D eigenvalue weighted by molar-refractivity contribution is -0.131. The van der Waals surface area contributed by atoms with Crippen LogP contribution in [0.15, 0.2) is 48.5 Å². The van der Waals surface area contributed by atoms with Crippen molar-refractivity contribution in [2.45, 2.75) is 45.4 Å². The SMILES string of the molecule is COc1ccccc1CNC(=O)[C@H](NC(=O)[C@H]1Cc2ccccc2CN1)C(C)C. The van der Waals surface area contributed by atoms with E-state index in [9.17, 15) is 9.59 Å². The number of fused-ring (bicyclic) bond motifs is 1. The number of carbonyl (C=O) groups excluding carboxylic acids is 2. The molecule has 0 saturated heterocycles. The van der Waals surface area contributed by atoms with Gasteiger partial charge in [0.05, 0.1) is 13.2 Å². The van der Waals surface area contributed by atoms with Gasteiger partial charge in [-0.1, -0.05) is 56.3 Å². The van der Waals surface area contributed by atoms with Crippen molar-refractivity contribution in [3.8, 4) is 5.75 Å². The van der Waals surface area contributed by atoms with Gasteiger partial charge in [-0.25, -0.2) is 0 Å². The van der Waals surface area contributed by atoms with Crippen molar-refractivity contribution >= 4 is 11.8 Å². The van der Waals surface area contributed by atoms with Crippen molar-refractivity contribution in [3.05, 3.63) is 65.2 Å². The molecule has 0 bridgehead atoms. The molecule has 0 saturated carbocycles. The van der Waals surface area contributed by atoms with Crippen molar-refractivity contribution in [1.29, 1.82) is 0 Å². The fourth-order valence-corrected chi connectivity index (χ4v) is 3.57. The summed E-state index contributed by atoms with van der Waals surface area (Å²) in [5.41, 5.74) is 3.28. The fourth-order valence-electron chi connectivity index (χ4n) is 3.57. The number of amides is 2. The first-order valence-electron chi connectivity index (χ1n) is 9.99. The van der Waals surface area contributed by atoms with Crippen LogP contribution in [0.1, 0.15) is 30.5 Å². The van der Waals surface area contributed by atoms with Crippen LogP contribution in [0.25, 0.3) is 0 Å². The lowest BCUT2D eigenvalue weighted by atomic mass is 9.94. The van der Waals surface area contributed by atoms with Crippen LogP contribution in [-0.4, -0.2) is 31.0 Å². The second kappa shape index (κ2) is 9.56. The molecule has 0 radical (unpaired) electrons. The minimum atomic E-state index is -0.601. The number of benzene rings is 2. The molecule has 1 aliphatic heterocycles. The molecular formula is C23H29N3O3. The van der Waals surface area contributed by atoms with E-state index in [1.807, 2.05) is 50.2 Å². The number of carbonyl (C=O) groups is 2. The van der Waals surface area contributed by atoms with Gasteiger partial charge in [0.15, 0.2) is 0 Å². The number of para-hydroxylation sites is 1. The van der Waals surface area contributed by atoms with Crippen molar-refractivity contribution < 1.29 is 14.3 Å². The van der Waals surface area contributed by atoms with Crippen molar-refractivity contribution in [3.63, 3.8) is 0 Å². The second-order valence-electron chi connectivity index (χ2n) is 7.67. The average molecular weight is 396 g/mol. The largest absolute Gasteiger partial charge is 0.496 e. The Morgan fingerprint density at radius 3 is 2.52 bits per heavy atom. The van der Waals surface area contributed by atoms with Gasteiger partial charge in [-0.15, -0.1) is 0 Å². The van der Waals surface area contributed by atoms with Crippen LogP contribution in [0, 0.1) is 5.92 Å². The summed E-state index contributed by atoms with van der Waals surface area (Å²) in [7, 11) is 1.60. The van der Waals surface area contributed by atoms with E-state index in [4.69, 9.17) is 4.74 Å². The van der Waals surface area contributed by atoms with Gasteiger partial charge in [-0.2, -0.15) is 0 Å². The van der Waals surface area contributed by atoms with Crippen molar-refractivity contribution in [2.75, 3.05) is 7.11 Å². The fraction of sp³-hybridized carbons (Fsp3) is 0.391. The predicted molar refractivity (Wildman–Crippen MR) is 112 cm³/mol. The van der Waals surface area contributed by atoms with Crippen LogP contribution < -0.4 is 20.7 Å². The zero-order valence-corrected chi connectivity index (χ0v) is 17.2. The van der Waals surface area contributed by atoms with E-state index >= 15 is 0 Å². The van der Waals surface area contributed by atoms with Gasteiger partial charge in [0, 0.05) is 18.7 Å². The average Bonchev–Trinajstić information content (AvgIpc) is 2.75. The van der Waals surface area contributed by atoms with Crippen LogP contribution in [0.5, 0.6) is 5.75 Å². The standard InChI is InChI=1S/C23H29N3O3/c1-15(2)21(23(28)25-14-18-10-6-7-11-20(18)29-3)26-22(27)19-12-16-8-4-5-9-17(16)13-24-19/h4-11,15,19,21,24H,12-14H2,1-3H3,(H,25,28)(H,26,27)/t19-,21-/m1/s1. The maximum Gasteiger partial charge on any atom is 0.243 e. The zero-order valence-electron chi connectivity index (χ0n) is 17.2. The third-order valence-corrected chi connectivity index (χ3v) is 5.29. The monoisotopic (exact) mass is 395 g/mol. The van der Waals surface area contributed by atoms with Gasteiger partial charge in [0.2, 0.25) is 11.8 Å². The van der Waals surface area contributed by atoms with Gasteiger partial charge in [0.1, 0.15) is 11.8 Å². The number of hydrogen-bond acceptors (Lipinski definition) is 4. The maximum atomic E-state index is 12.8. The first-order chi connectivity index (χ1) is 14.0. The quantitative estimate of drug-likeness (QED) is 0.671. The Labute approximate surface area is 172 Å². The van der Waals surface area contributed by atoms with Gasteiger partial charge in [-0.3, -0.25) is 9.59 Å². The molecule has 1 aliphatic rings. The molecule has 2 aromatic rings. The number of nitrogens with one attached hydrogen (secondary N) is 3.